The van der Waals surface area contributed by atoms with Crippen LogP contribution in [0.5, 0.6) is 5.75 Å². The Hall–Kier alpha value is -1.71. The third-order valence-corrected chi connectivity index (χ3v) is 3.45. The van der Waals surface area contributed by atoms with Crippen LogP contribution in [-0.2, 0) is 11.2 Å². The molecule has 1 N–H and O–H groups in total. The second-order valence-corrected chi connectivity index (χ2v) is 6.46. The maximum Gasteiger partial charge on any atom is 0.410 e. The minimum absolute atomic E-state index is 0.237. The van der Waals surface area contributed by atoms with Crippen molar-refractivity contribution in [3.63, 3.8) is 0 Å². The van der Waals surface area contributed by atoms with Gasteiger partial charge in [0.1, 0.15) is 11.4 Å². The number of rotatable bonds is 0. The summed E-state index contributed by atoms with van der Waals surface area (Å²) in [5.74, 6) is 0.516. The van der Waals surface area contributed by atoms with Crippen molar-refractivity contribution in [2.24, 2.45) is 0 Å². The number of fused-ring (bicyclic) bond motifs is 1. The smallest absolute Gasteiger partial charge is 0.410 e. The fraction of sp³-hybridized carbons (Fsp3) is 0.562. The van der Waals surface area contributed by atoms with Crippen molar-refractivity contribution in [3.05, 3.63) is 29.3 Å². The number of phenols is 1. The van der Waals surface area contributed by atoms with Crippen LogP contribution in [0.2, 0.25) is 0 Å². The van der Waals surface area contributed by atoms with Crippen molar-refractivity contribution in [1.82, 2.24) is 4.90 Å². The van der Waals surface area contributed by atoms with Crippen LogP contribution in [0.15, 0.2) is 18.2 Å². The van der Waals surface area contributed by atoms with E-state index in [4.69, 9.17) is 4.74 Å². The lowest BCUT2D eigenvalue weighted by molar-refractivity contribution is 0.0248. The molecule has 1 heterocycles. The van der Waals surface area contributed by atoms with Crippen LogP contribution in [0.1, 0.15) is 44.7 Å². The molecule has 1 unspecified atom stereocenters. The highest BCUT2D eigenvalue weighted by atomic mass is 16.6. The standard InChI is InChI=1S/C16H23NO3/c1-11-10-17(15(19)20-16(2,3)4)8-7-12-9-13(18)5-6-14(11)12/h5-6,9,11,18H,7-8,10H2,1-4H3. The number of carbonyl (C=O) groups excluding carboxylic acids is 1. The monoisotopic (exact) mass is 277 g/mol. The van der Waals surface area contributed by atoms with E-state index in [2.05, 4.69) is 6.92 Å². The average Bonchev–Trinajstić information content (AvgIpc) is 2.46. The van der Waals surface area contributed by atoms with E-state index < -0.39 is 5.60 Å². The van der Waals surface area contributed by atoms with Crippen molar-refractivity contribution in [2.75, 3.05) is 13.1 Å². The molecule has 4 heteroatoms. The maximum absolute atomic E-state index is 12.2. The minimum Gasteiger partial charge on any atom is -0.508 e. The third kappa shape index (κ3) is 3.44. The molecule has 2 rings (SSSR count). The molecular formula is C16H23NO3. The number of amides is 1. The lowest BCUT2D eigenvalue weighted by Gasteiger charge is -2.27. The molecule has 0 bridgehead atoms. The summed E-state index contributed by atoms with van der Waals surface area (Å²) in [7, 11) is 0. The van der Waals surface area contributed by atoms with E-state index in [1.165, 1.54) is 5.56 Å². The molecule has 0 radical (unpaired) electrons. The van der Waals surface area contributed by atoms with Crippen LogP contribution in [0, 0.1) is 0 Å². The summed E-state index contributed by atoms with van der Waals surface area (Å²) in [6, 6.07) is 5.46. The summed E-state index contributed by atoms with van der Waals surface area (Å²) in [4.78, 5) is 13.9. The third-order valence-electron chi connectivity index (χ3n) is 3.45. The van der Waals surface area contributed by atoms with Gasteiger partial charge in [-0.25, -0.2) is 4.79 Å². The molecule has 0 aromatic heterocycles. The predicted molar refractivity (Wildman–Crippen MR) is 78.0 cm³/mol. The zero-order valence-corrected chi connectivity index (χ0v) is 12.6. The molecule has 1 amide bonds. The first-order valence-electron chi connectivity index (χ1n) is 7.06. The molecule has 0 saturated carbocycles. The van der Waals surface area contributed by atoms with E-state index in [1.807, 2.05) is 26.8 Å². The van der Waals surface area contributed by atoms with Crippen LogP contribution < -0.4 is 0 Å². The van der Waals surface area contributed by atoms with Gasteiger partial charge in [0.2, 0.25) is 0 Å². The van der Waals surface area contributed by atoms with E-state index in [0.717, 1.165) is 12.0 Å². The molecule has 4 nitrogen and oxygen atoms in total. The fourth-order valence-corrected chi connectivity index (χ4v) is 2.56. The second kappa shape index (κ2) is 5.35. The van der Waals surface area contributed by atoms with Gasteiger partial charge in [-0.3, -0.25) is 0 Å². The van der Waals surface area contributed by atoms with Gasteiger partial charge in [-0.2, -0.15) is 0 Å². The normalized spacial score (nSPS) is 19.2. The largest absolute Gasteiger partial charge is 0.508 e. The lowest BCUT2D eigenvalue weighted by Crippen LogP contribution is -2.38. The quantitative estimate of drug-likeness (QED) is 0.791. The average molecular weight is 277 g/mol. The number of nitrogens with zero attached hydrogens (tertiary/aromatic N) is 1. The summed E-state index contributed by atoms with van der Waals surface area (Å²) < 4.78 is 5.44. The molecule has 1 aliphatic heterocycles. The predicted octanol–water partition coefficient (Wildman–Crippen LogP) is 3.29. The summed E-state index contributed by atoms with van der Waals surface area (Å²) >= 11 is 0. The van der Waals surface area contributed by atoms with E-state index >= 15 is 0 Å². The van der Waals surface area contributed by atoms with Gasteiger partial charge in [-0.05, 0) is 56.4 Å². The van der Waals surface area contributed by atoms with Gasteiger partial charge in [0.05, 0.1) is 0 Å². The maximum atomic E-state index is 12.2. The van der Waals surface area contributed by atoms with Crippen molar-refractivity contribution in [1.29, 1.82) is 0 Å². The SMILES string of the molecule is CC1CN(C(=O)OC(C)(C)C)CCc2cc(O)ccc21. The molecule has 0 spiro atoms. The Bertz CT molecular complexity index is 505. The van der Waals surface area contributed by atoms with Crippen LogP contribution >= 0.6 is 0 Å². The topological polar surface area (TPSA) is 49.8 Å². The van der Waals surface area contributed by atoms with E-state index in [0.29, 0.717) is 13.1 Å². The first kappa shape index (κ1) is 14.7. The van der Waals surface area contributed by atoms with Crippen LogP contribution in [0.4, 0.5) is 4.79 Å². The fourth-order valence-electron chi connectivity index (χ4n) is 2.56. The van der Waals surface area contributed by atoms with Gasteiger partial charge in [0.25, 0.3) is 0 Å². The van der Waals surface area contributed by atoms with Gasteiger partial charge >= 0.3 is 6.09 Å². The van der Waals surface area contributed by atoms with E-state index in [-0.39, 0.29) is 17.8 Å². The van der Waals surface area contributed by atoms with Gasteiger partial charge in [-0.1, -0.05) is 13.0 Å². The van der Waals surface area contributed by atoms with Gasteiger partial charge in [-0.15, -0.1) is 0 Å². The zero-order valence-electron chi connectivity index (χ0n) is 12.6. The molecular weight excluding hydrogens is 254 g/mol. The molecule has 1 atom stereocenters. The van der Waals surface area contributed by atoms with Crippen LogP contribution in [-0.4, -0.2) is 34.8 Å². The summed E-state index contributed by atoms with van der Waals surface area (Å²) in [6.45, 7) is 8.98. The van der Waals surface area contributed by atoms with E-state index in [1.54, 1.807) is 17.0 Å². The lowest BCUT2D eigenvalue weighted by atomic mass is 9.95. The van der Waals surface area contributed by atoms with Gasteiger partial charge < -0.3 is 14.7 Å². The number of phenolic OH excluding ortho intramolecular Hbond substituents is 1. The Morgan fingerprint density at radius 3 is 2.75 bits per heavy atom. The van der Waals surface area contributed by atoms with Crippen molar-refractivity contribution in [3.8, 4) is 5.75 Å². The molecule has 0 saturated heterocycles. The molecule has 20 heavy (non-hydrogen) atoms. The number of carbonyl (C=O) groups is 1. The first-order chi connectivity index (χ1) is 9.26. The number of ether oxygens (including phenoxy) is 1. The van der Waals surface area contributed by atoms with Crippen LogP contribution in [0.25, 0.3) is 0 Å². The molecule has 1 aliphatic rings. The van der Waals surface area contributed by atoms with Crippen molar-refractivity contribution < 1.29 is 14.6 Å². The second-order valence-electron chi connectivity index (χ2n) is 6.46. The van der Waals surface area contributed by atoms with E-state index in [9.17, 15) is 9.90 Å². The number of aromatic hydroxyl groups is 1. The number of benzene rings is 1. The molecule has 0 aliphatic carbocycles. The van der Waals surface area contributed by atoms with Gasteiger partial charge in [0.15, 0.2) is 0 Å². The Morgan fingerprint density at radius 2 is 2.10 bits per heavy atom. The number of hydrogen-bond acceptors (Lipinski definition) is 3. The Labute approximate surface area is 120 Å². The number of hydrogen-bond donors (Lipinski definition) is 1. The van der Waals surface area contributed by atoms with Crippen molar-refractivity contribution >= 4 is 6.09 Å². The van der Waals surface area contributed by atoms with Gasteiger partial charge in [0, 0.05) is 13.1 Å². The van der Waals surface area contributed by atoms with Crippen molar-refractivity contribution in [2.45, 2.75) is 45.6 Å². The first-order valence-corrected chi connectivity index (χ1v) is 7.06. The molecule has 0 fully saturated rings. The minimum atomic E-state index is -0.474. The van der Waals surface area contributed by atoms with Crippen LogP contribution in [0.3, 0.4) is 0 Å². The summed E-state index contributed by atoms with van der Waals surface area (Å²) in [6.07, 6.45) is 0.481. The highest BCUT2D eigenvalue weighted by Crippen LogP contribution is 2.28. The zero-order chi connectivity index (χ0) is 14.9. The molecule has 1 aromatic rings. The highest BCUT2D eigenvalue weighted by Gasteiger charge is 2.27. The summed E-state index contributed by atoms with van der Waals surface area (Å²) in [5.41, 5.74) is 1.84. The Balaban J connectivity index is 2.15. The molecule has 1 aromatic carbocycles. The Morgan fingerprint density at radius 1 is 1.40 bits per heavy atom. The highest BCUT2D eigenvalue weighted by molar-refractivity contribution is 5.68. The Kier molecular flexibility index (Phi) is 3.93. The molecule has 110 valence electrons. The summed E-state index contributed by atoms with van der Waals surface area (Å²) in [5, 5.41) is 9.59.